The first-order valence-corrected chi connectivity index (χ1v) is 7.43. The van der Waals surface area contributed by atoms with Crippen molar-refractivity contribution in [2.75, 3.05) is 19.6 Å². The second-order valence-corrected chi connectivity index (χ2v) is 5.74. The second-order valence-electron chi connectivity index (χ2n) is 5.74. The molecule has 0 saturated carbocycles. The van der Waals surface area contributed by atoms with Gasteiger partial charge in [0.25, 0.3) is 11.8 Å². The van der Waals surface area contributed by atoms with Gasteiger partial charge in [-0.05, 0) is 12.2 Å². The third kappa shape index (κ3) is 2.59. The summed E-state index contributed by atoms with van der Waals surface area (Å²) < 4.78 is 26.1. The fourth-order valence-corrected chi connectivity index (χ4v) is 2.69. The molecule has 1 saturated heterocycles. The van der Waals surface area contributed by atoms with E-state index >= 15 is 0 Å². The van der Waals surface area contributed by atoms with Gasteiger partial charge < -0.3 is 20.9 Å². The van der Waals surface area contributed by atoms with E-state index in [4.69, 9.17) is 0 Å². The van der Waals surface area contributed by atoms with Gasteiger partial charge in [0.1, 0.15) is 23.5 Å². The Balaban J connectivity index is 1.46. The van der Waals surface area contributed by atoms with Crippen molar-refractivity contribution in [3.63, 3.8) is 0 Å². The Morgan fingerprint density at radius 3 is 2.96 bits per heavy atom. The number of amidine groups is 2. The van der Waals surface area contributed by atoms with Crippen LogP contribution < -0.4 is 16.0 Å². The van der Waals surface area contributed by atoms with Crippen molar-refractivity contribution < 1.29 is 13.6 Å². The molecule has 10 heteroatoms. The number of amides is 1. The minimum Gasteiger partial charge on any atom is -0.382 e. The first-order valence-electron chi connectivity index (χ1n) is 7.43. The average Bonchev–Trinajstić information content (AvgIpc) is 2.96. The number of hydrogen-bond acceptors (Lipinski definition) is 7. The predicted octanol–water partition coefficient (Wildman–Crippen LogP) is -0.518. The molecule has 0 radical (unpaired) electrons. The summed E-state index contributed by atoms with van der Waals surface area (Å²) in [4.78, 5) is 17.9. The summed E-state index contributed by atoms with van der Waals surface area (Å²) in [5, 5.41) is 14.5. The number of carbonyl (C=O) groups is 1. The van der Waals surface area contributed by atoms with Crippen LogP contribution in [-0.4, -0.2) is 59.2 Å². The number of hydrogen-bond donors (Lipinski definition) is 3. The highest BCUT2D eigenvalue weighted by Gasteiger charge is 2.46. The fourth-order valence-electron chi connectivity index (χ4n) is 2.69. The van der Waals surface area contributed by atoms with Gasteiger partial charge >= 0.3 is 0 Å². The summed E-state index contributed by atoms with van der Waals surface area (Å²) in [6.07, 6.45) is 7.93. The van der Waals surface area contributed by atoms with E-state index in [0.29, 0.717) is 23.9 Å². The molecule has 1 unspecified atom stereocenters. The molecule has 126 valence electrons. The molecule has 1 amide bonds. The Bertz CT molecular complexity index is 717. The Morgan fingerprint density at radius 2 is 2.25 bits per heavy atom. The van der Waals surface area contributed by atoms with E-state index in [2.05, 4.69) is 26.0 Å². The number of nitrogens with zero attached hydrogens (tertiary/aromatic N) is 4. The summed E-state index contributed by atoms with van der Waals surface area (Å²) in [6.45, 7) is -0.298. The number of rotatable bonds is 1. The van der Waals surface area contributed by atoms with Crippen LogP contribution in [0.5, 0.6) is 0 Å². The highest BCUT2D eigenvalue weighted by atomic mass is 19.3. The van der Waals surface area contributed by atoms with Crippen molar-refractivity contribution in [1.29, 1.82) is 0 Å². The zero-order valence-electron chi connectivity index (χ0n) is 12.5. The Kier molecular flexibility index (Phi) is 3.25. The standard InChI is InChI=1S/C14H15F2N7O/c15-14(16)7-22(8-14)12-2-1-11-19-5-9(23(11)21-12)13(24)20-10-6-17-3-4-18-10/h1-5,11,17,19H,6-8H2,(H,18,20,24). The Morgan fingerprint density at radius 1 is 1.42 bits per heavy atom. The highest BCUT2D eigenvalue weighted by molar-refractivity contribution is 6.07. The summed E-state index contributed by atoms with van der Waals surface area (Å²) in [6, 6.07) is 0. The maximum atomic E-state index is 13.0. The minimum absolute atomic E-state index is 0.298. The molecule has 0 aromatic carbocycles. The first kappa shape index (κ1) is 14.7. The summed E-state index contributed by atoms with van der Waals surface area (Å²) in [5.41, 5.74) is 0.298. The third-order valence-corrected chi connectivity index (χ3v) is 3.89. The average molecular weight is 335 g/mol. The van der Waals surface area contributed by atoms with E-state index in [1.807, 2.05) is 0 Å². The van der Waals surface area contributed by atoms with Gasteiger partial charge in [-0.15, -0.1) is 0 Å². The number of carbonyl (C=O) groups excluding carboxylic acids is 1. The Labute approximate surface area is 136 Å². The molecule has 0 aromatic rings. The predicted molar refractivity (Wildman–Crippen MR) is 82.7 cm³/mol. The summed E-state index contributed by atoms with van der Waals surface area (Å²) in [7, 11) is 0. The quantitative estimate of drug-likeness (QED) is 0.601. The molecule has 8 nitrogen and oxygen atoms in total. The van der Waals surface area contributed by atoms with Crippen LogP contribution in [-0.2, 0) is 4.79 Å². The lowest BCUT2D eigenvalue weighted by Gasteiger charge is -2.41. The molecule has 0 aliphatic carbocycles. The number of alkyl halides is 2. The normalized spacial score (nSPS) is 26.4. The van der Waals surface area contributed by atoms with Gasteiger partial charge in [0.15, 0.2) is 0 Å². The maximum absolute atomic E-state index is 13.0. The van der Waals surface area contributed by atoms with Crippen LogP contribution in [0.3, 0.4) is 0 Å². The largest absolute Gasteiger partial charge is 0.382 e. The monoisotopic (exact) mass is 335 g/mol. The number of halogens is 2. The van der Waals surface area contributed by atoms with Crippen molar-refractivity contribution >= 4 is 17.6 Å². The molecular weight excluding hydrogens is 320 g/mol. The molecule has 24 heavy (non-hydrogen) atoms. The van der Waals surface area contributed by atoms with Crippen molar-refractivity contribution in [2.45, 2.75) is 12.1 Å². The first-order chi connectivity index (χ1) is 11.5. The van der Waals surface area contributed by atoms with E-state index in [1.54, 1.807) is 30.8 Å². The number of aliphatic imine (C=N–C) groups is 1. The molecule has 4 aliphatic heterocycles. The third-order valence-electron chi connectivity index (χ3n) is 3.89. The lowest BCUT2D eigenvalue weighted by molar-refractivity contribution is -0.117. The van der Waals surface area contributed by atoms with Gasteiger partial charge in [-0.2, -0.15) is 5.10 Å². The van der Waals surface area contributed by atoms with Crippen LogP contribution in [0.1, 0.15) is 0 Å². The molecule has 1 fully saturated rings. The van der Waals surface area contributed by atoms with Gasteiger partial charge in [-0.3, -0.25) is 4.79 Å². The van der Waals surface area contributed by atoms with E-state index in [1.165, 1.54) is 9.91 Å². The van der Waals surface area contributed by atoms with E-state index in [0.717, 1.165) is 0 Å². The number of likely N-dealkylation sites (tertiary alicyclic amines) is 1. The highest BCUT2D eigenvalue weighted by Crippen LogP contribution is 2.29. The van der Waals surface area contributed by atoms with Crippen molar-refractivity contribution in [3.8, 4) is 0 Å². The minimum atomic E-state index is -2.67. The molecule has 4 aliphatic rings. The Hall–Kier alpha value is -2.91. The van der Waals surface area contributed by atoms with Crippen LogP contribution in [0.4, 0.5) is 8.78 Å². The molecule has 0 aromatic heterocycles. The molecule has 4 heterocycles. The van der Waals surface area contributed by atoms with Gasteiger partial charge in [0.2, 0.25) is 0 Å². The van der Waals surface area contributed by atoms with E-state index in [9.17, 15) is 13.6 Å². The zero-order chi connectivity index (χ0) is 16.7. The second kappa shape index (κ2) is 5.32. The zero-order valence-corrected chi connectivity index (χ0v) is 12.5. The van der Waals surface area contributed by atoms with Crippen molar-refractivity contribution in [3.05, 3.63) is 36.4 Å². The lowest BCUT2D eigenvalue weighted by Crippen LogP contribution is -2.59. The lowest BCUT2D eigenvalue weighted by atomic mass is 10.1. The van der Waals surface area contributed by atoms with Crippen LogP contribution in [0.25, 0.3) is 0 Å². The smallest absolute Gasteiger partial charge is 0.282 e. The fraction of sp³-hybridized carbons (Fsp3) is 0.357. The van der Waals surface area contributed by atoms with Crippen LogP contribution in [0, 0.1) is 0 Å². The maximum Gasteiger partial charge on any atom is 0.282 e. The molecule has 4 rings (SSSR count). The molecule has 0 spiro atoms. The van der Waals surface area contributed by atoms with Crippen molar-refractivity contribution in [1.82, 2.24) is 25.9 Å². The van der Waals surface area contributed by atoms with E-state index < -0.39 is 5.92 Å². The molecule has 1 atom stereocenters. The van der Waals surface area contributed by atoms with Gasteiger partial charge in [0, 0.05) is 18.6 Å². The van der Waals surface area contributed by atoms with Crippen LogP contribution in [0.15, 0.2) is 46.5 Å². The number of hydrazone groups is 1. The van der Waals surface area contributed by atoms with Gasteiger partial charge in [0.05, 0.1) is 19.6 Å². The molecule has 3 N–H and O–H groups in total. The SMILES string of the molecule is O=C(NC1=NC=CNC1)C1=CNC2C=CC(N3CC(F)(F)C3)=NN12. The molecule has 0 bridgehead atoms. The topological polar surface area (TPSA) is 84.4 Å². The summed E-state index contributed by atoms with van der Waals surface area (Å²) >= 11 is 0. The molecular formula is C14H15F2N7O. The van der Waals surface area contributed by atoms with Crippen LogP contribution in [0.2, 0.25) is 0 Å². The summed E-state index contributed by atoms with van der Waals surface area (Å²) in [5.74, 6) is -2.13. The number of nitrogens with one attached hydrogen (secondary N) is 3. The number of fused-ring (bicyclic) bond motifs is 1. The van der Waals surface area contributed by atoms with Gasteiger partial charge in [-0.25, -0.2) is 18.8 Å². The van der Waals surface area contributed by atoms with Crippen LogP contribution >= 0.6 is 0 Å². The van der Waals surface area contributed by atoms with Crippen molar-refractivity contribution in [2.24, 2.45) is 10.1 Å². The van der Waals surface area contributed by atoms with E-state index in [-0.39, 0.29) is 25.2 Å². The van der Waals surface area contributed by atoms with Gasteiger partial charge in [-0.1, -0.05) is 0 Å².